The quantitative estimate of drug-likeness (QED) is 0.147. The van der Waals surface area contributed by atoms with Crippen LogP contribution in [0.3, 0.4) is 0 Å². The standard InChI is InChI=1S/C36H63NO13/c1-13-25-36(10,43)29(39)20(4)27(37-45-12)18(2)16-34(8,42)31(50-33-24(38)15-14-19(3)46-33)21(5)28(22(6)32(41)48-25)49-26-17-35(9,44-11)30(40)23(7)47-26/h14-15,18-26,28-31,33,38-40,42-43H,13,16-17H2,1-12H3/b37-27+/t18-,19-,20+,21+,22-,23+,24-,25-,26?,28+,29-,30+,31-,33?,34+,35-,36-/m1/s1. The summed E-state index contributed by atoms with van der Waals surface area (Å²) in [5.41, 5.74) is -4.28. The monoisotopic (exact) mass is 717 g/mol. The van der Waals surface area contributed by atoms with Gasteiger partial charge in [-0.3, -0.25) is 4.79 Å². The minimum absolute atomic E-state index is 0.0191. The SMILES string of the molecule is CC[C@H]1OC(=O)[C@H](C)[C@@H](OC2C[C@@](C)(OC)[C@@H](O)[C@H](C)O2)[C@H](C)[C@@H](OC2O[C@H](C)C=C[C@H]2O)[C@@](C)(O)C[C@@H](C)/C(=N\OC)[C@H](C)[C@@H](O)[C@]1(C)O. The molecule has 0 radical (unpaired) electrons. The third-order valence-electron chi connectivity index (χ3n) is 11.0. The van der Waals surface area contributed by atoms with Gasteiger partial charge in [0, 0.05) is 31.3 Å². The Kier molecular flexibility index (Phi) is 14.5. The van der Waals surface area contributed by atoms with E-state index in [0.29, 0.717) is 5.71 Å². The number of aliphatic hydroxyl groups is 5. The van der Waals surface area contributed by atoms with Crippen molar-refractivity contribution in [3.63, 3.8) is 0 Å². The second kappa shape index (κ2) is 17.0. The van der Waals surface area contributed by atoms with Gasteiger partial charge in [0.25, 0.3) is 0 Å². The van der Waals surface area contributed by atoms with Crippen molar-refractivity contribution in [2.45, 2.75) is 167 Å². The van der Waals surface area contributed by atoms with Crippen molar-refractivity contribution in [2.75, 3.05) is 14.2 Å². The van der Waals surface area contributed by atoms with Crippen LogP contribution in [0.2, 0.25) is 0 Å². The van der Waals surface area contributed by atoms with Crippen LogP contribution in [-0.4, -0.2) is 130 Å². The van der Waals surface area contributed by atoms with Crippen molar-refractivity contribution in [2.24, 2.45) is 28.8 Å². The second-order valence-corrected chi connectivity index (χ2v) is 15.3. The van der Waals surface area contributed by atoms with Crippen LogP contribution >= 0.6 is 0 Å². The number of ether oxygens (including phenoxy) is 6. The fraction of sp³-hybridized carbons (Fsp3) is 0.889. The Morgan fingerprint density at radius 3 is 2.12 bits per heavy atom. The summed E-state index contributed by atoms with van der Waals surface area (Å²) in [6.45, 7) is 16.8. The van der Waals surface area contributed by atoms with Crippen LogP contribution in [0.15, 0.2) is 17.3 Å². The first-order valence-corrected chi connectivity index (χ1v) is 17.8. The summed E-state index contributed by atoms with van der Waals surface area (Å²) in [7, 11) is 2.86. The number of cyclic esters (lactones) is 1. The van der Waals surface area contributed by atoms with Crippen molar-refractivity contribution in [3.8, 4) is 0 Å². The van der Waals surface area contributed by atoms with Crippen molar-refractivity contribution in [1.82, 2.24) is 0 Å². The maximum atomic E-state index is 14.1. The van der Waals surface area contributed by atoms with Crippen LogP contribution in [0, 0.1) is 23.7 Å². The molecule has 14 nitrogen and oxygen atoms in total. The molecule has 0 aliphatic carbocycles. The summed E-state index contributed by atoms with van der Waals surface area (Å²) in [5, 5.41) is 61.7. The molecular formula is C36H63NO13. The van der Waals surface area contributed by atoms with Gasteiger partial charge in [-0.2, -0.15) is 0 Å². The predicted octanol–water partition coefficient (Wildman–Crippen LogP) is 2.45. The predicted molar refractivity (Wildman–Crippen MR) is 183 cm³/mol. The highest BCUT2D eigenvalue weighted by Gasteiger charge is 2.52. The Balaban J connectivity index is 2.20. The van der Waals surface area contributed by atoms with Crippen LogP contribution in [0.5, 0.6) is 0 Å². The molecule has 50 heavy (non-hydrogen) atoms. The third-order valence-corrected chi connectivity index (χ3v) is 11.0. The average molecular weight is 718 g/mol. The lowest BCUT2D eigenvalue weighted by Gasteiger charge is -2.48. The number of carbonyl (C=O) groups excluding carboxylic acids is 1. The van der Waals surface area contributed by atoms with Crippen LogP contribution in [0.25, 0.3) is 0 Å². The van der Waals surface area contributed by atoms with Gasteiger partial charge in [0.2, 0.25) is 0 Å². The number of oxime groups is 1. The molecule has 3 heterocycles. The average Bonchev–Trinajstić information content (AvgIpc) is 3.05. The van der Waals surface area contributed by atoms with Crippen LogP contribution in [0.4, 0.5) is 0 Å². The minimum atomic E-state index is -1.91. The number of hydrogen-bond donors (Lipinski definition) is 5. The van der Waals surface area contributed by atoms with Gasteiger partial charge < -0.3 is 58.8 Å². The van der Waals surface area contributed by atoms with Crippen molar-refractivity contribution >= 4 is 11.7 Å². The van der Waals surface area contributed by atoms with Crippen molar-refractivity contribution in [1.29, 1.82) is 0 Å². The molecule has 14 heteroatoms. The second-order valence-electron chi connectivity index (χ2n) is 15.3. The Hall–Kier alpha value is -1.72. The third kappa shape index (κ3) is 9.25. The van der Waals surface area contributed by atoms with Gasteiger partial charge in [0.15, 0.2) is 12.6 Å². The Bertz CT molecular complexity index is 1180. The molecule has 0 aromatic heterocycles. The molecule has 0 aromatic rings. The van der Waals surface area contributed by atoms with E-state index < -0.39 is 102 Å². The molecule has 5 N–H and O–H groups in total. The van der Waals surface area contributed by atoms with E-state index >= 15 is 0 Å². The molecule has 3 rings (SSSR count). The van der Waals surface area contributed by atoms with E-state index in [1.807, 2.05) is 6.92 Å². The number of methoxy groups -OCH3 is 1. The Morgan fingerprint density at radius 2 is 1.54 bits per heavy atom. The number of esters is 1. The van der Waals surface area contributed by atoms with E-state index in [-0.39, 0.29) is 25.4 Å². The Morgan fingerprint density at radius 1 is 0.900 bits per heavy atom. The van der Waals surface area contributed by atoms with Gasteiger partial charge in [-0.1, -0.05) is 45.0 Å². The summed E-state index contributed by atoms with van der Waals surface area (Å²) in [5.74, 6) is -3.89. The summed E-state index contributed by atoms with van der Waals surface area (Å²) in [6, 6.07) is 0. The maximum absolute atomic E-state index is 14.1. The van der Waals surface area contributed by atoms with E-state index in [4.69, 9.17) is 33.3 Å². The number of carbonyl (C=O) groups is 1. The van der Waals surface area contributed by atoms with E-state index in [0.717, 1.165) is 0 Å². The summed E-state index contributed by atoms with van der Waals surface area (Å²) in [4.78, 5) is 19.3. The molecule has 0 spiro atoms. The molecule has 2 unspecified atom stereocenters. The molecular weight excluding hydrogens is 654 g/mol. The highest BCUT2D eigenvalue weighted by molar-refractivity contribution is 5.88. The molecule has 17 atom stereocenters. The van der Waals surface area contributed by atoms with Crippen LogP contribution in [0.1, 0.15) is 88.5 Å². The zero-order valence-corrected chi connectivity index (χ0v) is 31.8. The molecule has 0 aromatic carbocycles. The summed E-state index contributed by atoms with van der Waals surface area (Å²) in [6.07, 6.45) is -6.52. The molecule has 2 saturated heterocycles. The smallest absolute Gasteiger partial charge is 0.311 e. The first kappa shape index (κ1) is 42.7. The molecule has 0 saturated carbocycles. The largest absolute Gasteiger partial charge is 0.459 e. The first-order valence-electron chi connectivity index (χ1n) is 17.8. The molecule has 2 fully saturated rings. The van der Waals surface area contributed by atoms with Gasteiger partial charge in [-0.25, -0.2) is 0 Å². The fourth-order valence-corrected chi connectivity index (χ4v) is 7.86. The zero-order valence-electron chi connectivity index (χ0n) is 31.8. The van der Waals surface area contributed by atoms with Crippen molar-refractivity contribution in [3.05, 3.63) is 12.2 Å². The lowest BCUT2D eigenvalue weighted by Crippen LogP contribution is -2.60. The maximum Gasteiger partial charge on any atom is 0.311 e. The fourth-order valence-electron chi connectivity index (χ4n) is 7.86. The number of aliphatic hydroxyl groups excluding tert-OH is 3. The minimum Gasteiger partial charge on any atom is -0.459 e. The topological polar surface area (TPSA) is 195 Å². The number of hydrogen-bond acceptors (Lipinski definition) is 14. The van der Waals surface area contributed by atoms with E-state index in [2.05, 4.69) is 5.16 Å². The molecule has 0 amide bonds. The number of nitrogens with zero attached hydrogens (tertiary/aromatic N) is 1. The van der Waals surface area contributed by atoms with Gasteiger partial charge in [-0.15, -0.1) is 0 Å². The van der Waals surface area contributed by atoms with Gasteiger partial charge in [0.05, 0.1) is 53.4 Å². The zero-order chi connectivity index (χ0) is 37.9. The molecule has 3 aliphatic heterocycles. The summed E-state index contributed by atoms with van der Waals surface area (Å²) >= 11 is 0. The highest BCUT2D eigenvalue weighted by atomic mass is 16.7. The molecule has 290 valence electrons. The van der Waals surface area contributed by atoms with E-state index in [9.17, 15) is 30.3 Å². The van der Waals surface area contributed by atoms with Gasteiger partial charge >= 0.3 is 5.97 Å². The summed E-state index contributed by atoms with van der Waals surface area (Å²) < 4.78 is 36.8. The first-order chi connectivity index (χ1) is 23.1. The molecule has 3 aliphatic rings. The van der Waals surface area contributed by atoms with Crippen LogP contribution < -0.4 is 0 Å². The van der Waals surface area contributed by atoms with Gasteiger partial charge in [0.1, 0.15) is 31.0 Å². The van der Waals surface area contributed by atoms with Crippen LogP contribution in [-0.2, 0) is 38.1 Å². The number of rotatable bonds is 7. The lowest BCUT2D eigenvalue weighted by atomic mass is 9.73. The molecule has 0 bridgehead atoms. The highest BCUT2D eigenvalue weighted by Crippen LogP contribution is 2.40. The van der Waals surface area contributed by atoms with Crippen molar-refractivity contribution < 1.29 is 63.6 Å². The van der Waals surface area contributed by atoms with E-state index in [1.54, 1.807) is 67.5 Å². The Labute approximate surface area is 297 Å². The lowest BCUT2D eigenvalue weighted by molar-refractivity contribution is -0.309. The van der Waals surface area contributed by atoms with Gasteiger partial charge in [-0.05, 0) is 54.4 Å². The normalized spacial score (nSPS) is 49.3. The van der Waals surface area contributed by atoms with E-state index in [1.165, 1.54) is 21.1 Å².